The van der Waals surface area contributed by atoms with Crippen molar-refractivity contribution in [1.82, 2.24) is 4.98 Å². The highest BCUT2D eigenvalue weighted by Gasteiger charge is 2.47. The number of benzene rings is 2. The average molecular weight is 415 g/mol. The van der Waals surface area contributed by atoms with Gasteiger partial charge in [-0.15, -0.1) is 0 Å². The number of rotatable bonds is 4. The second-order valence-corrected chi connectivity index (χ2v) is 7.02. The Morgan fingerprint density at radius 2 is 1.74 bits per heavy atom. The third-order valence-corrected chi connectivity index (χ3v) is 5.01. The molecule has 1 unspecified atom stereocenters. The summed E-state index contributed by atoms with van der Waals surface area (Å²) in [7, 11) is 0. The number of non-ortho nitro benzene ring substituents is 1. The summed E-state index contributed by atoms with van der Waals surface area (Å²) in [5.41, 5.74) is 0.947. The topological polar surface area (TPSA) is 114 Å². The minimum atomic E-state index is -1.07. The lowest BCUT2D eigenvalue weighted by atomic mass is 9.95. The van der Waals surface area contributed by atoms with Crippen LogP contribution in [0.3, 0.4) is 0 Å². The number of nitro groups is 1. The first-order chi connectivity index (χ1) is 14.9. The third-order valence-electron chi connectivity index (χ3n) is 5.01. The van der Waals surface area contributed by atoms with Gasteiger partial charge in [-0.1, -0.05) is 48.5 Å². The number of Topliss-reactive ketones (excluding diaryl/α,β-unsaturated/α-hetero) is 1. The van der Waals surface area contributed by atoms with E-state index in [1.54, 1.807) is 61.5 Å². The summed E-state index contributed by atoms with van der Waals surface area (Å²) >= 11 is 0. The molecule has 1 aromatic heterocycles. The molecule has 3 aromatic rings. The van der Waals surface area contributed by atoms with E-state index < -0.39 is 22.7 Å². The molecule has 2 aromatic carbocycles. The monoisotopic (exact) mass is 415 g/mol. The standard InChI is InChI=1S/C23H17N3O5/c1-14-7-5-12-18(24-14)25-20(16-10-6-11-17(13-16)26(30)31)19(22(28)23(25)29)21(27)15-8-3-2-4-9-15/h2-13,20,27H,1H3/b21-19+. The van der Waals surface area contributed by atoms with Crippen molar-refractivity contribution in [2.75, 3.05) is 4.90 Å². The van der Waals surface area contributed by atoms with Crippen LogP contribution in [0.5, 0.6) is 0 Å². The molecule has 1 N–H and O–H groups in total. The van der Waals surface area contributed by atoms with Crippen LogP contribution in [0.4, 0.5) is 11.5 Å². The number of amides is 1. The van der Waals surface area contributed by atoms with E-state index in [9.17, 15) is 24.8 Å². The Morgan fingerprint density at radius 3 is 2.42 bits per heavy atom. The molecule has 0 saturated carbocycles. The van der Waals surface area contributed by atoms with E-state index in [0.29, 0.717) is 16.8 Å². The van der Waals surface area contributed by atoms with Crippen LogP contribution in [-0.4, -0.2) is 26.7 Å². The predicted octanol–water partition coefficient (Wildman–Crippen LogP) is 3.92. The molecule has 1 amide bonds. The minimum absolute atomic E-state index is 0.153. The number of ketones is 1. The van der Waals surface area contributed by atoms with Crippen LogP contribution in [0.2, 0.25) is 0 Å². The van der Waals surface area contributed by atoms with Gasteiger partial charge in [-0.25, -0.2) is 4.98 Å². The number of aryl methyl sites for hydroxylation is 1. The van der Waals surface area contributed by atoms with E-state index in [1.807, 2.05) is 0 Å². The van der Waals surface area contributed by atoms with Crippen LogP contribution in [0.1, 0.15) is 22.9 Å². The lowest BCUT2D eigenvalue weighted by Gasteiger charge is -2.24. The number of anilines is 1. The van der Waals surface area contributed by atoms with Gasteiger partial charge in [-0.2, -0.15) is 0 Å². The highest BCUT2D eigenvalue weighted by molar-refractivity contribution is 6.51. The van der Waals surface area contributed by atoms with E-state index in [4.69, 9.17) is 0 Å². The molecule has 8 nitrogen and oxygen atoms in total. The van der Waals surface area contributed by atoms with Crippen LogP contribution >= 0.6 is 0 Å². The van der Waals surface area contributed by atoms with E-state index in [-0.39, 0.29) is 22.8 Å². The number of nitrogens with zero attached hydrogens (tertiary/aromatic N) is 3. The van der Waals surface area contributed by atoms with Crippen molar-refractivity contribution in [3.63, 3.8) is 0 Å². The van der Waals surface area contributed by atoms with Gasteiger partial charge in [0.25, 0.3) is 11.5 Å². The fraction of sp³-hybridized carbons (Fsp3) is 0.0870. The summed E-state index contributed by atoms with van der Waals surface area (Å²) in [6.45, 7) is 1.74. The van der Waals surface area contributed by atoms with Gasteiger partial charge in [-0.3, -0.25) is 24.6 Å². The third kappa shape index (κ3) is 3.55. The lowest BCUT2D eigenvalue weighted by molar-refractivity contribution is -0.384. The molecule has 154 valence electrons. The summed E-state index contributed by atoms with van der Waals surface area (Å²) in [5, 5.41) is 22.3. The molecule has 1 aliphatic heterocycles. The van der Waals surface area contributed by atoms with Gasteiger partial charge in [0.15, 0.2) is 0 Å². The molecular weight excluding hydrogens is 398 g/mol. The number of hydrogen-bond acceptors (Lipinski definition) is 6. The lowest BCUT2D eigenvalue weighted by Crippen LogP contribution is -2.30. The minimum Gasteiger partial charge on any atom is -0.507 e. The molecule has 1 saturated heterocycles. The van der Waals surface area contributed by atoms with Gasteiger partial charge < -0.3 is 5.11 Å². The molecule has 0 spiro atoms. The van der Waals surface area contributed by atoms with Crippen molar-refractivity contribution < 1.29 is 19.6 Å². The SMILES string of the molecule is Cc1cccc(N2C(=O)C(=O)/C(=C(/O)c3ccccc3)C2c2cccc([N+](=O)[O-])c2)n1. The number of pyridine rings is 1. The van der Waals surface area contributed by atoms with Crippen LogP contribution in [0.15, 0.2) is 78.4 Å². The fourth-order valence-electron chi connectivity index (χ4n) is 3.61. The molecule has 0 radical (unpaired) electrons. The molecular formula is C23H17N3O5. The zero-order chi connectivity index (χ0) is 22.1. The average Bonchev–Trinajstić information content (AvgIpc) is 3.04. The number of aromatic nitrogens is 1. The van der Waals surface area contributed by atoms with Crippen molar-refractivity contribution >= 4 is 29.0 Å². The summed E-state index contributed by atoms with van der Waals surface area (Å²) in [6, 6.07) is 17.9. The Balaban J connectivity index is 1.98. The van der Waals surface area contributed by atoms with E-state index in [2.05, 4.69) is 4.98 Å². The molecule has 2 heterocycles. The highest BCUT2D eigenvalue weighted by Crippen LogP contribution is 2.42. The zero-order valence-electron chi connectivity index (χ0n) is 16.4. The van der Waals surface area contributed by atoms with Crippen molar-refractivity contribution in [1.29, 1.82) is 0 Å². The van der Waals surface area contributed by atoms with Gasteiger partial charge in [0.05, 0.1) is 16.5 Å². The Morgan fingerprint density at radius 1 is 1.03 bits per heavy atom. The maximum atomic E-state index is 13.0. The Labute approximate surface area is 177 Å². The van der Waals surface area contributed by atoms with E-state index in [1.165, 1.54) is 23.1 Å². The molecule has 4 rings (SSSR count). The first-order valence-corrected chi connectivity index (χ1v) is 9.43. The first-order valence-electron chi connectivity index (χ1n) is 9.43. The van der Waals surface area contributed by atoms with Crippen molar-refractivity contribution in [2.45, 2.75) is 13.0 Å². The Bertz CT molecular complexity index is 1240. The van der Waals surface area contributed by atoms with E-state index in [0.717, 1.165) is 0 Å². The Kier molecular flexibility index (Phi) is 5.04. The van der Waals surface area contributed by atoms with Crippen molar-refractivity contribution in [2.24, 2.45) is 0 Å². The maximum absolute atomic E-state index is 13.0. The highest BCUT2D eigenvalue weighted by atomic mass is 16.6. The molecule has 1 fully saturated rings. The van der Waals surface area contributed by atoms with Gasteiger partial charge in [0, 0.05) is 23.4 Å². The number of carbonyl (C=O) groups excluding carboxylic acids is 2. The van der Waals surface area contributed by atoms with E-state index >= 15 is 0 Å². The molecule has 1 atom stereocenters. The molecule has 1 aliphatic rings. The number of aliphatic hydroxyl groups excluding tert-OH is 1. The molecule has 8 heteroatoms. The molecule has 0 bridgehead atoms. The summed E-state index contributed by atoms with van der Waals surface area (Å²) in [6.07, 6.45) is 0. The summed E-state index contributed by atoms with van der Waals surface area (Å²) in [5.74, 6) is -1.90. The Hall–Kier alpha value is -4.33. The van der Waals surface area contributed by atoms with Crippen molar-refractivity contribution in [3.05, 3.63) is 105 Å². The van der Waals surface area contributed by atoms with Crippen LogP contribution in [0, 0.1) is 17.0 Å². The first kappa shape index (κ1) is 20.0. The number of hydrogen-bond donors (Lipinski definition) is 1. The maximum Gasteiger partial charge on any atom is 0.301 e. The van der Waals surface area contributed by atoms with Gasteiger partial charge in [0.1, 0.15) is 11.6 Å². The normalized spacial score (nSPS) is 17.7. The smallest absolute Gasteiger partial charge is 0.301 e. The second-order valence-electron chi connectivity index (χ2n) is 7.02. The largest absolute Gasteiger partial charge is 0.507 e. The fourth-order valence-corrected chi connectivity index (χ4v) is 3.61. The quantitative estimate of drug-likeness (QED) is 0.227. The number of nitro benzene ring substituents is 1. The summed E-state index contributed by atoms with van der Waals surface area (Å²) in [4.78, 5) is 42.3. The van der Waals surface area contributed by atoms with Crippen LogP contribution in [0.25, 0.3) is 5.76 Å². The zero-order valence-corrected chi connectivity index (χ0v) is 16.4. The van der Waals surface area contributed by atoms with Crippen LogP contribution < -0.4 is 4.90 Å². The molecule has 31 heavy (non-hydrogen) atoms. The predicted molar refractivity (Wildman–Crippen MR) is 113 cm³/mol. The van der Waals surface area contributed by atoms with Crippen LogP contribution in [-0.2, 0) is 9.59 Å². The second kappa shape index (κ2) is 7.83. The molecule has 0 aliphatic carbocycles. The number of carbonyl (C=O) groups is 2. The number of aliphatic hydroxyl groups is 1. The summed E-state index contributed by atoms with van der Waals surface area (Å²) < 4.78 is 0. The van der Waals surface area contributed by atoms with Crippen molar-refractivity contribution in [3.8, 4) is 0 Å². The van der Waals surface area contributed by atoms with Gasteiger partial charge in [-0.05, 0) is 24.6 Å². The van der Waals surface area contributed by atoms with Gasteiger partial charge in [0.2, 0.25) is 0 Å². The van der Waals surface area contributed by atoms with Gasteiger partial charge >= 0.3 is 5.91 Å².